The Morgan fingerprint density at radius 2 is 1.76 bits per heavy atom. The molecule has 0 N–H and O–H groups in total. The van der Waals surface area contributed by atoms with Crippen LogP contribution in [0.2, 0.25) is 18.1 Å². The molecule has 1 aliphatic rings. The van der Waals surface area contributed by atoms with E-state index >= 15 is 0 Å². The SMILES string of the molecule is C=C/C(=C/CC[C-]1SCCCS1)O[Si](CC)(CC)CC.[Li+]. The zero-order valence-corrected chi connectivity index (χ0v) is 16.9. The summed E-state index contributed by atoms with van der Waals surface area (Å²) in [5, 5.41) is 0. The summed E-state index contributed by atoms with van der Waals surface area (Å²) in [5.41, 5.74) is 0. The van der Waals surface area contributed by atoms with Gasteiger partial charge in [0.2, 0.25) is 8.32 Å². The van der Waals surface area contributed by atoms with E-state index in [2.05, 4.69) is 33.4 Å². The van der Waals surface area contributed by atoms with Crippen LogP contribution in [0.1, 0.15) is 40.0 Å². The molecule has 0 saturated carbocycles. The summed E-state index contributed by atoms with van der Waals surface area (Å²) < 4.78 is 7.98. The molecule has 0 amide bonds. The molecule has 1 aliphatic heterocycles. The predicted octanol–water partition coefficient (Wildman–Crippen LogP) is 3.22. The van der Waals surface area contributed by atoms with Crippen molar-refractivity contribution >= 4 is 31.8 Å². The van der Waals surface area contributed by atoms with Crippen LogP contribution in [0, 0.1) is 4.58 Å². The molecule has 1 fully saturated rings. The summed E-state index contributed by atoms with van der Waals surface area (Å²) in [4.78, 5) is 0. The van der Waals surface area contributed by atoms with Crippen LogP contribution in [0.3, 0.4) is 0 Å². The van der Waals surface area contributed by atoms with Gasteiger partial charge in [-0.2, -0.15) is 6.42 Å². The van der Waals surface area contributed by atoms with Crippen LogP contribution in [-0.4, -0.2) is 19.8 Å². The largest absolute Gasteiger partial charge is 1.00 e. The maximum atomic E-state index is 6.38. The minimum atomic E-state index is -1.55. The molecule has 21 heavy (non-hydrogen) atoms. The molecular formula is C16H29LiOS2Si. The van der Waals surface area contributed by atoms with Crippen LogP contribution < -0.4 is 18.9 Å². The van der Waals surface area contributed by atoms with Gasteiger partial charge >= 0.3 is 18.9 Å². The van der Waals surface area contributed by atoms with E-state index in [-0.39, 0.29) is 18.9 Å². The molecule has 1 heterocycles. The fraction of sp³-hybridized carbons (Fsp3) is 0.688. The minimum Gasteiger partial charge on any atom is -0.544 e. The fourth-order valence-electron chi connectivity index (χ4n) is 2.33. The van der Waals surface area contributed by atoms with Crippen LogP contribution in [0.4, 0.5) is 0 Å². The molecule has 1 rings (SSSR count). The topological polar surface area (TPSA) is 9.23 Å². The molecule has 0 aliphatic carbocycles. The van der Waals surface area contributed by atoms with Crippen LogP contribution in [0.5, 0.6) is 0 Å². The van der Waals surface area contributed by atoms with E-state index in [1.807, 2.05) is 29.6 Å². The second kappa shape index (κ2) is 12.2. The normalized spacial score (nSPS) is 17.2. The summed E-state index contributed by atoms with van der Waals surface area (Å²) in [7, 11) is -1.55. The third kappa shape index (κ3) is 7.75. The minimum absolute atomic E-state index is 0. The Morgan fingerprint density at radius 3 is 2.24 bits per heavy atom. The van der Waals surface area contributed by atoms with Crippen molar-refractivity contribution in [1.29, 1.82) is 0 Å². The fourth-order valence-corrected chi connectivity index (χ4v) is 7.51. The number of thioether (sulfide) groups is 2. The molecule has 0 aromatic heterocycles. The number of allylic oxidation sites excluding steroid dienone is 2. The van der Waals surface area contributed by atoms with Gasteiger partial charge in [-0.1, -0.05) is 33.8 Å². The first-order chi connectivity index (χ1) is 9.69. The summed E-state index contributed by atoms with van der Waals surface area (Å²) >= 11 is 4.08. The Bertz CT molecular complexity index is 305. The average molecular weight is 337 g/mol. The maximum Gasteiger partial charge on any atom is 1.00 e. The summed E-state index contributed by atoms with van der Waals surface area (Å²) in [6.45, 7) is 10.7. The molecule has 0 unspecified atom stereocenters. The molecule has 0 spiro atoms. The van der Waals surface area contributed by atoms with E-state index in [9.17, 15) is 0 Å². The standard InChI is InChI=1S/C16H29OS2Si.Li/c1-5-15(17-20(6-2,7-3)8-4)11-9-12-16-18-13-10-14-19-16;/h5,11H,1,6-10,12-14H2,2-4H3;/q-1;+1/b15-11-;. The molecule has 5 heteroatoms. The number of rotatable bonds is 9. The summed E-state index contributed by atoms with van der Waals surface area (Å²) in [5.74, 6) is 3.62. The van der Waals surface area contributed by atoms with Crippen LogP contribution in [-0.2, 0) is 4.43 Å². The van der Waals surface area contributed by atoms with Crippen molar-refractivity contribution in [3.05, 3.63) is 29.1 Å². The summed E-state index contributed by atoms with van der Waals surface area (Å²) in [6, 6.07) is 3.57. The van der Waals surface area contributed by atoms with Gasteiger partial charge < -0.3 is 27.9 Å². The van der Waals surface area contributed by atoms with E-state index < -0.39 is 8.32 Å². The molecule has 0 aromatic rings. The molecule has 0 bridgehead atoms. The zero-order valence-electron chi connectivity index (χ0n) is 14.2. The molecule has 0 aromatic carbocycles. The Labute approximate surface area is 153 Å². The van der Waals surface area contributed by atoms with Crippen molar-refractivity contribution < 1.29 is 23.3 Å². The van der Waals surface area contributed by atoms with Crippen molar-refractivity contribution in [3.8, 4) is 0 Å². The van der Waals surface area contributed by atoms with Gasteiger partial charge in [0.1, 0.15) is 0 Å². The van der Waals surface area contributed by atoms with Gasteiger partial charge in [-0.3, -0.25) is 0 Å². The average Bonchev–Trinajstić information content (AvgIpc) is 2.52. The zero-order chi connectivity index (χ0) is 14.8. The number of hydrogen-bond donors (Lipinski definition) is 0. The van der Waals surface area contributed by atoms with E-state index in [1.165, 1.54) is 42.5 Å². The molecule has 1 saturated heterocycles. The van der Waals surface area contributed by atoms with Crippen molar-refractivity contribution in [1.82, 2.24) is 0 Å². The third-order valence-electron chi connectivity index (χ3n) is 3.98. The van der Waals surface area contributed by atoms with Gasteiger partial charge in [0.15, 0.2) is 0 Å². The van der Waals surface area contributed by atoms with Gasteiger partial charge in [-0.05, 0) is 48.2 Å². The maximum absolute atomic E-state index is 6.38. The second-order valence-electron chi connectivity index (χ2n) is 5.12. The van der Waals surface area contributed by atoms with Gasteiger partial charge in [-0.15, -0.1) is 0 Å². The van der Waals surface area contributed by atoms with E-state index in [0.29, 0.717) is 0 Å². The first-order valence-corrected chi connectivity index (χ1v) is 12.3. The number of hydrogen-bond acceptors (Lipinski definition) is 3. The van der Waals surface area contributed by atoms with Gasteiger partial charge in [-0.25, -0.2) is 4.58 Å². The van der Waals surface area contributed by atoms with Crippen molar-refractivity contribution in [2.45, 2.75) is 58.2 Å². The van der Waals surface area contributed by atoms with Gasteiger partial charge in [0, 0.05) is 0 Å². The van der Waals surface area contributed by atoms with Crippen molar-refractivity contribution in [2.75, 3.05) is 11.5 Å². The van der Waals surface area contributed by atoms with Crippen molar-refractivity contribution in [3.63, 3.8) is 0 Å². The Morgan fingerprint density at radius 1 is 1.19 bits per heavy atom. The van der Waals surface area contributed by atoms with Gasteiger partial charge in [0.25, 0.3) is 0 Å². The smallest absolute Gasteiger partial charge is 0.544 e. The monoisotopic (exact) mass is 336 g/mol. The van der Waals surface area contributed by atoms with E-state index in [4.69, 9.17) is 4.43 Å². The first-order valence-electron chi connectivity index (χ1n) is 7.82. The molecule has 0 radical (unpaired) electrons. The molecule has 116 valence electrons. The van der Waals surface area contributed by atoms with E-state index in [1.54, 1.807) is 4.58 Å². The van der Waals surface area contributed by atoms with Crippen LogP contribution in [0.25, 0.3) is 0 Å². The molecule has 1 nitrogen and oxygen atoms in total. The quantitative estimate of drug-likeness (QED) is 0.277. The second-order valence-corrected chi connectivity index (χ2v) is 12.4. The Balaban J connectivity index is 0.00000400. The van der Waals surface area contributed by atoms with Crippen molar-refractivity contribution in [2.24, 2.45) is 0 Å². The Hall–Kier alpha value is 0.794. The van der Waals surface area contributed by atoms with Crippen LogP contribution >= 0.6 is 23.5 Å². The predicted molar refractivity (Wildman–Crippen MR) is 98.6 cm³/mol. The summed E-state index contributed by atoms with van der Waals surface area (Å²) in [6.07, 6.45) is 7.76. The van der Waals surface area contributed by atoms with Gasteiger partial charge in [0.05, 0.1) is 5.76 Å². The molecule has 0 atom stereocenters. The molecular weight excluding hydrogens is 307 g/mol. The third-order valence-corrected chi connectivity index (χ3v) is 11.3. The van der Waals surface area contributed by atoms with E-state index in [0.717, 1.165) is 12.2 Å². The first kappa shape index (κ1) is 21.8. The Kier molecular flexibility index (Phi) is 12.7. The van der Waals surface area contributed by atoms with Crippen LogP contribution in [0.15, 0.2) is 24.5 Å².